The minimum absolute atomic E-state index is 0.616. The van der Waals surface area contributed by atoms with Crippen LogP contribution in [0.5, 0.6) is 0 Å². The van der Waals surface area contributed by atoms with Gasteiger partial charge in [0.15, 0.2) is 0 Å². The number of alkyl halides is 1. The number of rotatable bonds is 4. The van der Waals surface area contributed by atoms with Gasteiger partial charge >= 0.3 is 0 Å². The lowest BCUT2D eigenvalue weighted by molar-refractivity contribution is 1.63. The van der Waals surface area contributed by atoms with E-state index < -0.39 is 0 Å². The van der Waals surface area contributed by atoms with Crippen molar-refractivity contribution in [3.05, 3.63) is 29.7 Å². The van der Waals surface area contributed by atoms with E-state index in [-0.39, 0.29) is 0 Å². The molecule has 1 rings (SSSR count). The van der Waals surface area contributed by atoms with E-state index in [4.69, 9.17) is 11.6 Å². The number of allylic oxidation sites excluding steroid dienone is 1. The summed E-state index contributed by atoms with van der Waals surface area (Å²) in [6.45, 7) is 0. The van der Waals surface area contributed by atoms with Gasteiger partial charge in [0.05, 0.1) is 4.21 Å². The summed E-state index contributed by atoms with van der Waals surface area (Å²) in [5.41, 5.74) is 0. The first-order valence-corrected chi connectivity index (χ1v) is 5.70. The molecule has 0 radical (unpaired) electrons. The van der Waals surface area contributed by atoms with Crippen molar-refractivity contribution < 1.29 is 0 Å². The van der Waals surface area contributed by atoms with Gasteiger partial charge in [0.1, 0.15) is 0 Å². The summed E-state index contributed by atoms with van der Waals surface area (Å²) in [6, 6.07) is 4.20. The zero-order chi connectivity index (χ0) is 7.94. The molecule has 0 unspecified atom stereocenters. The molecule has 0 aliphatic heterocycles. The van der Waals surface area contributed by atoms with E-state index in [9.17, 15) is 0 Å². The van der Waals surface area contributed by atoms with Crippen LogP contribution >= 0.6 is 34.7 Å². The van der Waals surface area contributed by atoms with E-state index in [0.29, 0.717) is 5.88 Å². The van der Waals surface area contributed by atoms with Gasteiger partial charge < -0.3 is 0 Å². The molecule has 1 aromatic heterocycles. The molecular weight excluding hydrogens is 196 g/mol. The minimum atomic E-state index is 0.616. The molecular formula is C8H9ClS2. The monoisotopic (exact) mass is 204 g/mol. The van der Waals surface area contributed by atoms with Crippen LogP contribution in [0.1, 0.15) is 0 Å². The predicted molar refractivity (Wildman–Crippen MR) is 54.9 cm³/mol. The SMILES string of the molecule is ClCC=CCSc1cccs1. The molecule has 0 atom stereocenters. The first-order chi connectivity index (χ1) is 5.43. The van der Waals surface area contributed by atoms with Gasteiger partial charge in [-0.2, -0.15) is 0 Å². The maximum atomic E-state index is 5.47. The lowest BCUT2D eigenvalue weighted by atomic mass is 10.6. The summed E-state index contributed by atoms with van der Waals surface area (Å²) in [7, 11) is 0. The van der Waals surface area contributed by atoms with Crippen molar-refractivity contribution in [3.8, 4) is 0 Å². The van der Waals surface area contributed by atoms with Crippen LogP contribution in [0.3, 0.4) is 0 Å². The van der Waals surface area contributed by atoms with Gasteiger partial charge in [-0.1, -0.05) is 18.2 Å². The second kappa shape index (κ2) is 5.70. The van der Waals surface area contributed by atoms with E-state index >= 15 is 0 Å². The zero-order valence-electron chi connectivity index (χ0n) is 6.00. The van der Waals surface area contributed by atoms with Crippen LogP contribution in [0.4, 0.5) is 0 Å². The molecule has 0 nitrogen and oxygen atoms in total. The smallest absolute Gasteiger partial charge is 0.0601 e. The summed E-state index contributed by atoms with van der Waals surface area (Å²) in [6.07, 6.45) is 4.07. The summed E-state index contributed by atoms with van der Waals surface area (Å²) < 4.78 is 1.37. The van der Waals surface area contributed by atoms with E-state index in [1.54, 1.807) is 11.3 Å². The van der Waals surface area contributed by atoms with E-state index in [1.807, 2.05) is 17.8 Å². The average Bonchev–Trinajstić information content (AvgIpc) is 2.50. The van der Waals surface area contributed by atoms with Crippen molar-refractivity contribution in [1.82, 2.24) is 0 Å². The third-order valence-electron chi connectivity index (χ3n) is 1.07. The molecule has 60 valence electrons. The average molecular weight is 205 g/mol. The van der Waals surface area contributed by atoms with E-state index in [0.717, 1.165) is 5.75 Å². The summed E-state index contributed by atoms with van der Waals surface area (Å²) in [5, 5.41) is 2.09. The van der Waals surface area contributed by atoms with Gasteiger partial charge in [0, 0.05) is 11.6 Å². The summed E-state index contributed by atoms with van der Waals surface area (Å²) in [5.74, 6) is 1.64. The number of halogens is 1. The molecule has 3 heteroatoms. The molecule has 0 saturated carbocycles. The van der Waals surface area contributed by atoms with Crippen molar-refractivity contribution in [2.45, 2.75) is 4.21 Å². The Morgan fingerprint density at radius 3 is 3.09 bits per heavy atom. The molecule has 0 aliphatic rings. The fourth-order valence-electron chi connectivity index (χ4n) is 0.607. The van der Waals surface area contributed by atoms with Crippen LogP contribution in [0, 0.1) is 0 Å². The predicted octanol–water partition coefficient (Wildman–Crippen LogP) is 3.64. The van der Waals surface area contributed by atoms with Crippen LogP contribution < -0.4 is 0 Å². The number of thioether (sulfide) groups is 1. The van der Waals surface area contributed by atoms with Crippen LogP contribution in [0.15, 0.2) is 33.9 Å². The molecule has 0 fully saturated rings. The second-order valence-corrected chi connectivity index (χ2v) is 4.45. The maximum Gasteiger partial charge on any atom is 0.0601 e. The number of hydrogen-bond donors (Lipinski definition) is 0. The van der Waals surface area contributed by atoms with Gasteiger partial charge in [0.2, 0.25) is 0 Å². The minimum Gasteiger partial charge on any atom is -0.137 e. The van der Waals surface area contributed by atoms with Crippen LogP contribution in [-0.4, -0.2) is 11.6 Å². The lowest BCUT2D eigenvalue weighted by Gasteiger charge is -1.89. The molecule has 1 aromatic rings. The number of thiophene rings is 1. The van der Waals surface area contributed by atoms with Crippen molar-refractivity contribution in [3.63, 3.8) is 0 Å². The quantitative estimate of drug-likeness (QED) is 0.410. The highest BCUT2D eigenvalue weighted by atomic mass is 35.5. The molecule has 11 heavy (non-hydrogen) atoms. The third-order valence-corrected chi connectivity index (χ3v) is 3.33. The first kappa shape index (κ1) is 9.17. The van der Waals surface area contributed by atoms with Gasteiger partial charge in [-0.3, -0.25) is 0 Å². The Kier molecular flexibility index (Phi) is 4.75. The summed E-state index contributed by atoms with van der Waals surface area (Å²) in [4.78, 5) is 0. The highest BCUT2D eigenvalue weighted by Crippen LogP contribution is 2.22. The highest BCUT2D eigenvalue weighted by Gasteiger charge is 1.89. The van der Waals surface area contributed by atoms with Crippen molar-refractivity contribution in [1.29, 1.82) is 0 Å². The Morgan fingerprint density at radius 2 is 2.45 bits per heavy atom. The molecule has 1 heterocycles. The first-order valence-electron chi connectivity index (χ1n) is 3.31. The van der Waals surface area contributed by atoms with Gasteiger partial charge in [-0.15, -0.1) is 34.7 Å². The Balaban J connectivity index is 2.19. The lowest BCUT2D eigenvalue weighted by Crippen LogP contribution is -1.68. The Morgan fingerprint density at radius 1 is 1.55 bits per heavy atom. The fraction of sp³-hybridized carbons (Fsp3) is 0.250. The fourth-order valence-corrected chi connectivity index (χ4v) is 2.40. The third kappa shape index (κ3) is 3.85. The highest BCUT2D eigenvalue weighted by molar-refractivity contribution is 8.01. The Hall–Kier alpha value is 0.0800. The van der Waals surface area contributed by atoms with E-state index in [1.165, 1.54) is 4.21 Å². The second-order valence-electron chi connectivity index (χ2n) is 1.87. The molecule has 0 amide bonds. The van der Waals surface area contributed by atoms with Gasteiger partial charge in [-0.25, -0.2) is 0 Å². The largest absolute Gasteiger partial charge is 0.137 e. The number of hydrogen-bond acceptors (Lipinski definition) is 2. The van der Waals surface area contributed by atoms with Crippen molar-refractivity contribution >= 4 is 34.7 Å². The molecule has 0 aromatic carbocycles. The summed E-state index contributed by atoms with van der Waals surface area (Å²) >= 11 is 9.09. The zero-order valence-corrected chi connectivity index (χ0v) is 8.38. The van der Waals surface area contributed by atoms with Crippen LogP contribution in [0.25, 0.3) is 0 Å². The standard InChI is InChI=1S/C8H9ClS2/c9-5-1-2-6-10-8-4-3-7-11-8/h1-4,7H,5-6H2. The van der Waals surface area contributed by atoms with Crippen molar-refractivity contribution in [2.24, 2.45) is 0 Å². The van der Waals surface area contributed by atoms with Gasteiger partial charge in [-0.05, 0) is 11.4 Å². The van der Waals surface area contributed by atoms with E-state index in [2.05, 4.69) is 23.6 Å². The van der Waals surface area contributed by atoms with Crippen molar-refractivity contribution in [2.75, 3.05) is 11.6 Å². The van der Waals surface area contributed by atoms with Crippen LogP contribution in [-0.2, 0) is 0 Å². The molecule has 0 N–H and O–H groups in total. The maximum absolute atomic E-state index is 5.47. The Bertz CT molecular complexity index is 204. The Labute approximate surface area is 80.3 Å². The van der Waals surface area contributed by atoms with Crippen LogP contribution in [0.2, 0.25) is 0 Å². The normalized spacial score (nSPS) is 11.0. The topological polar surface area (TPSA) is 0 Å². The van der Waals surface area contributed by atoms with Gasteiger partial charge in [0.25, 0.3) is 0 Å². The molecule has 0 spiro atoms. The molecule has 0 aliphatic carbocycles. The molecule has 0 bridgehead atoms. The molecule has 0 saturated heterocycles.